The van der Waals surface area contributed by atoms with Gasteiger partial charge in [-0.05, 0) is 85.9 Å². The molecule has 9 atom stereocenters. The number of aliphatic hydroxyl groups excluding tert-OH is 3. The average molecular weight is 308 g/mol. The van der Waals surface area contributed by atoms with Gasteiger partial charge in [0.05, 0.1) is 18.3 Å². The highest BCUT2D eigenvalue weighted by atomic mass is 16.3. The van der Waals surface area contributed by atoms with E-state index in [1.807, 2.05) is 0 Å². The molecule has 0 spiro atoms. The fraction of sp³-hybridized carbons (Fsp3) is 1.00. The van der Waals surface area contributed by atoms with Gasteiger partial charge in [0.15, 0.2) is 0 Å². The van der Waals surface area contributed by atoms with Crippen molar-refractivity contribution in [1.82, 2.24) is 0 Å². The molecule has 4 aliphatic carbocycles. The Labute approximate surface area is 134 Å². The number of rotatable bonds is 0. The number of fused-ring (bicyclic) bond motifs is 5. The highest BCUT2D eigenvalue weighted by Gasteiger charge is 2.62. The van der Waals surface area contributed by atoms with Gasteiger partial charge in [0, 0.05) is 0 Å². The number of hydrogen-bond acceptors (Lipinski definition) is 3. The summed E-state index contributed by atoms with van der Waals surface area (Å²) in [6, 6.07) is 0. The van der Waals surface area contributed by atoms with E-state index in [0.717, 1.165) is 38.5 Å². The molecule has 0 saturated heterocycles. The zero-order valence-corrected chi connectivity index (χ0v) is 14.0. The van der Waals surface area contributed by atoms with Crippen LogP contribution in [0.25, 0.3) is 0 Å². The molecule has 3 N–H and O–H groups in total. The predicted octanol–water partition coefficient (Wildman–Crippen LogP) is 2.72. The van der Waals surface area contributed by atoms with Crippen LogP contribution < -0.4 is 0 Å². The maximum absolute atomic E-state index is 10.8. The lowest BCUT2D eigenvalue weighted by atomic mass is 9.44. The van der Waals surface area contributed by atoms with Crippen molar-refractivity contribution in [2.45, 2.75) is 83.5 Å². The third-order valence-corrected chi connectivity index (χ3v) is 8.68. The largest absolute Gasteiger partial charge is 0.393 e. The summed E-state index contributed by atoms with van der Waals surface area (Å²) in [6.45, 7) is 4.61. The molecule has 0 aromatic heterocycles. The van der Waals surface area contributed by atoms with E-state index in [1.54, 1.807) is 0 Å². The van der Waals surface area contributed by atoms with Gasteiger partial charge in [0.2, 0.25) is 0 Å². The smallest absolute Gasteiger partial charge is 0.0623 e. The van der Waals surface area contributed by atoms with Gasteiger partial charge in [0.1, 0.15) is 0 Å². The molecular weight excluding hydrogens is 276 g/mol. The highest BCUT2D eigenvalue weighted by molar-refractivity contribution is 5.11. The van der Waals surface area contributed by atoms with Crippen LogP contribution in [0.2, 0.25) is 0 Å². The van der Waals surface area contributed by atoms with Gasteiger partial charge < -0.3 is 15.3 Å². The first-order valence-electron chi connectivity index (χ1n) is 9.41. The van der Waals surface area contributed by atoms with Gasteiger partial charge in [-0.3, -0.25) is 0 Å². The molecule has 3 unspecified atom stereocenters. The second-order valence-corrected chi connectivity index (χ2v) is 9.30. The lowest BCUT2D eigenvalue weighted by Gasteiger charge is -2.62. The molecule has 0 heterocycles. The van der Waals surface area contributed by atoms with Crippen LogP contribution in [0.1, 0.15) is 65.2 Å². The monoisotopic (exact) mass is 308 g/mol. The Bertz CT molecular complexity index is 452. The molecule has 126 valence electrons. The number of hydrogen-bond donors (Lipinski definition) is 3. The minimum Gasteiger partial charge on any atom is -0.393 e. The summed E-state index contributed by atoms with van der Waals surface area (Å²) >= 11 is 0. The van der Waals surface area contributed by atoms with Gasteiger partial charge in [-0.25, -0.2) is 0 Å². The fourth-order valence-electron chi connectivity index (χ4n) is 7.27. The molecule has 4 aliphatic rings. The summed E-state index contributed by atoms with van der Waals surface area (Å²) in [4.78, 5) is 0. The van der Waals surface area contributed by atoms with E-state index in [0.29, 0.717) is 30.1 Å². The Morgan fingerprint density at radius 1 is 0.773 bits per heavy atom. The van der Waals surface area contributed by atoms with Crippen molar-refractivity contribution >= 4 is 0 Å². The Morgan fingerprint density at radius 2 is 1.55 bits per heavy atom. The lowest BCUT2D eigenvalue weighted by Crippen LogP contribution is -2.59. The molecule has 3 heteroatoms. The molecule has 4 fully saturated rings. The molecule has 0 radical (unpaired) electrons. The van der Waals surface area contributed by atoms with Crippen LogP contribution in [0.15, 0.2) is 0 Å². The molecule has 4 saturated carbocycles. The Kier molecular flexibility index (Phi) is 3.46. The van der Waals surface area contributed by atoms with Gasteiger partial charge >= 0.3 is 0 Å². The predicted molar refractivity (Wildman–Crippen MR) is 85.1 cm³/mol. The molecule has 0 bridgehead atoms. The van der Waals surface area contributed by atoms with E-state index in [-0.39, 0.29) is 29.1 Å². The minimum absolute atomic E-state index is 0.0168. The third kappa shape index (κ3) is 1.85. The van der Waals surface area contributed by atoms with Crippen LogP contribution in [0.5, 0.6) is 0 Å². The molecule has 0 aromatic carbocycles. The maximum atomic E-state index is 10.8. The first kappa shape index (κ1) is 15.4. The van der Waals surface area contributed by atoms with Crippen LogP contribution in [0, 0.1) is 34.5 Å². The summed E-state index contributed by atoms with van der Waals surface area (Å²) in [5.41, 5.74) is 0.0977. The highest BCUT2D eigenvalue weighted by Crippen LogP contribution is 2.66. The van der Waals surface area contributed by atoms with Crippen molar-refractivity contribution in [2.75, 3.05) is 0 Å². The van der Waals surface area contributed by atoms with Crippen molar-refractivity contribution in [3.05, 3.63) is 0 Å². The van der Waals surface area contributed by atoms with Crippen LogP contribution in [-0.2, 0) is 0 Å². The Balaban J connectivity index is 1.66. The normalized spacial score (nSPS) is 61.2. The lowest BCUT2D eigenvalue weighted by molar-refractivity contribution is -0.183. The van der Waals surface area contributed by atoms with Crippen molar-refractivity contribution < 1.29 is 15.3 Å². The average Bonchev–Trinajstić information content (AvgIpc) is 2.77. The molecule has 0 aromatic rings. The second kappa shape index (κ2) is 4.94. The zero-order chi connectivity index (χ0) is 15.7. The van der Waals surface area contributed by atoms with E-state index in [9.17, 15) is 15.3 Å². The first-order valence-corrected chi connectivity index (χ1v) is 9.41. The van der Waals surface area contributed by atoms with E-state index in [4.69, 9.17) is 0 Å². The Hall–Kier alpha value is -0.120. The quantitative estimate of drug-likeness (QED) is 0.645. The van der Waals surface area contributed by atoms with Gasteiger partial charge in [-0.15, -0.1) is 0 Å². The van der Waals surface area contributed by atoms with Gasteiger partial charge in [0.25, 0.3) is 0 Å². The van der Waals surface area contributed by atoms with Crippen molar-refractivity contribution in [1.29, 1.82) is 0 Å². The van der Waals surface area contributed by atoms with E-state index in [1.165, 1.54) is 6.42 Å². The standard InChI is InChI=1S/C19H32O3/c1-18-8-7-15-13(14(18)5-6-16(18)21)4-3-11-9-12(20)10-17(22)19(11,15)2/h11-17,20-22H,3-10H2,1-2H3/t11-,12?,13-,14-,15-,16?,17?,18-,19-/m0/s1. The van der Waals surface area contributed by atoms with Crippen molar-refractivity contribution in [3.8, 4) is 0 Å². The van der Waals surface area contributed by atoms with Gasteiger partial charge in [-0.2, -0.15) is 0 Å². The molecule has 22 heavy (non-hydrogen) atoms. The van der Waals surface area contributed by atoms with Crippen molar-refractivity contribution in [2.24, 2.45) is 34.5 Å². The van der Waals surface area contributed by atoms with Crippen LogP contribution in [0.4, 0.5) is 0 Å². The summed E-state index contributed by atoms with van der Waals surface area (Å²) in [5.74, 6) is 2.36. The molecule has 4 rings (SSSR count). The van der Waals surface area contributed by atoms with E-state index >= 15 is 0 Å². The van der Waals surface area contributed by atoms with E-state index < -0.39 is 0 Å². The maximum Gasteiger partial charge on any atom is 0.0623 e. The summed E-state index contributed by atoms with van der Waals surface area (Å²) < 4.78 is 0. The molecule has 0 amide bonds. The SMILES string of the molecule is C[C@]12C(O)CC(O)C[C@@H]1CC[C@@H]1[C@@H]2CC[C@]2(C)C(O)CC[C@@H]12. The molecular formula is C19H32O3. The minimum atomic E-state index is -0.357. The van der Waals surface area contributed by atoms with Crippen LogP contribution >= 0.6 is 0 Å². The van der Waals surface area contributed by atoms with Crippen LogP contribution in [0.3, 0.4) is 0 Å². The molecule has 0 aliphatic heterocycles. The summed E-state index contributed by atoms with van der Waals surface area (Å²) in [5, 5.41) is 31.4. The Morgan fingerprint density at radius 3 is 2.32 bits per heavy atom. The summed E-state index contributed by atoms with van der Waals surface area (Å²) in [6.07, 6.45) is 7.41. The number of aliphatic hydroxyl groups is 3. The van der Waals surface area contributed by atoms with Gasteiger partial charge in [-0.1, -0.05) is 13.8 Å². The topological polar surface area (TPSA) is 60.7 Å². The van der Waals surface area contributed by atoms with Crippen LogP contribution in [-0.4, -0.2) is 33.6 Å². The second-order valence-electron chi connectivity index (χ2n) is 9.30. The first-order chi connectivity index (χ1) is 10.4. The fourth-order valence-corrected chi connectivity index (χ4v) is 7.27. The summed E-state index contributed by atoms with van der Waals surface area (Å²) in [7, 11) is 0. The third-order valence-electron chi connectivity index (χ3n) is 8.68. The zero-order valence-electron chi connectivity index (χ0n) is 14.0. The van der Waals surface area contributed by atoms with Crippen molar-refractivity contribution in [3.63, 3.8) is 0 Å². The van der Waals surface area contributed by atoms with E-state index in [2.05, 4.69) is 13.8 Å². The molecule has 3 nitrogen and oxygen atoms in total.